The largest absolute Gasteiger partial charge is 0.493 e. The molecule has 0 atom stereocenters. The molecule has 5 rings (SSSR count). The second kappa shape index (κ2) is 15.7. The Morgan fingerprint density at radius 2 is 1.71 bits per heavy atom. The number of methoxy groups -OCH3 is 1. The molecule has 0 aliphatic rings. The van der Waals surface area contributed by atoms with Crippen LogP contribution in [0.25, 0.3) is 16.6 Å². The number of aromatic nitrogens is 3. The van der Waals surface area contributed by atoms with Gasteiger partial charge >= 0.3 is 0 Å². The zero-order valence-corrected chi connectivity index (χ0v) is 27.0. The van der Waals surface area contributed by atoms with Gasteiger partial charge in [-0.3, -0.25) is 24.6 Å². The Bertz CT molecular complexity index is 1980. The molecule has 0 fully saturated rings. The first-order chi connectivity index (χ1) is 23.2. The van der Waals surface area contributed by atoms with E-state index in [4.69, 9.17) is 19.4 Å². The third kappa shape index (κ3) is 8.34. The lowest BCUT2D eigenvalue weighted by molar-refractivity contribution is -0.129. The molecule has 2 heterocycles. The number of ether oxygens (including phenoxy) is 3. The maximum absolute atomic E-state index is 13.1. The first-order valence-electron chi connectivity index (χ1n) is 15.5. The molecule has 0 spiro atoms. The van der Waals surface area contributed by atoms with E-state index in [1.54, 1.807) is 68.3 Å². The standard InChI is InChI=1S/C36H37N5O7/c1-23-9-8-10-26(19-23)41-22-24(2)35(43)34(39-41)36(44)38-25-12-14-27(15-13-25)48-30-16-17-37-29-21-32(31(46-3)20-28(29)30)47-18-7-5-4-6-11-33(42)40-45/h8-10,12-17,19-22,45H,4-7,11,18H2,1-3H3,(H,38,44)(H,40,42). The van der Waals surface area contributed by atoms with Crippen LogP contribution in [0.15, 0.2) is 83.9 Å². The van der Waals surface area contributed by atoms with Crippen molar-refractivity contribution in [3.05, 3.63) is 106 Å². The van der Waals surface area contributed by atoms with Crippen LogP contribution >= 0.6 is 0 Å². The number of carbonyl (C=O) groups excluding carboxylic acids is 2. The molecule has 12 heteroatoms. The minimum atomic E-state index is -0.615. The zero-order chi connectivity index (χ0) is 34.0. The molecule has 3 N–H and O–H groups in total. The predicted octanol–water partition coefficient (Wildman–Crippen LogP) is 6.29. The summed E-state index contributed by atoms with van der Waals surface area (Å²) < 4.78 is 19.3. The maximum Gasteiger partial charge on any atom is 0.280 e. The van der Waals surface area contributed by atoms with Gasteiger partial charge in [-0.1, -0.05) is 25.0 Å². The fourth-order valence-corrected chi connectivity index (χ4v) is 5.05. The van der Waals surface area contributed by atoms with Gasteiger partial charge in [-0.05, 0) is 80.8 Å². The number of hydroxylamine groups is 1. The van der Waals surface area contributed by atoms with Gasteiger partial charge in [-0.2, -0.15) is 5.10 Å². The van der Waals surface area contributed by atoms with E-state index in [-0.39, 0.29) is 18.0 Å². The van der Waals surface area contributed by atoms with E-state index in [0.29, 0.717) is 52.8 Å². The second-order valence-corrected chi connectivity index (χ2v) is 11.2. The van der Waals surface area contributed by atoms with Crippen molar-refractivity contribution in [3.8, 4) is 28.7 Å². The molecule has 0 bridgehead atoms. The average Bonchev–Trinajstić information content (AvgIpc) is 3.09. The molecule has 2 aromatic heterocycles. The Balaban J connectivity index is 1.24. The van der Waals surface area contributed by atoms with E-state index in [0.717, 1.165) is 35.9 Å². The summed E-state index contributed by atoms with van der Waals surface area (Å²) in [6.07, 6.45) is 6.76. The average molecular weight is 652 g/mol. The SMILES string of the molecule is COc1cc2c(Oc3ccc(NC(=O)c4nn(-c5cccc(C)c5)cc(C)c4=O)cc3)ccnc2cc1OCCCCCCC(=O)NO. The number of pyridine rings is 1. The summed E-state index contributed by atoms with van der Waals surface area (Å²) in [6.45, 7) is 4.08. The molecule has 0 unspecified atom stereocenters. The van der Waals surface area contributed by atoms with Gasteiger partial charge in [-0.15, -0.1) is 0 Å². The van der Waals surface area contributed by atoms with Gasteiger partial charge in [0.25, 0.3) is 5.91 Å². The first kappa shape index (κ1) is 33.6. The topological polar surface area (TPSA) is 154 Å². The Hall–Kier alpha value is -5.75. The van der Waals surface area contributed by atoms with E-state index in [2.05, 4.69) is 15.4 Å². The van der Waals surface area contributed by atoms with E-state index in [1.165, 1.54) is 4.68 Å². The van der Waals surface area contributed by atoms with Crippen LogP contribution in [0.3, 0.4) is 0 Å². The predicted molar refractivity (Wildman–Crippen MR) is 181 cm³/mol. The van der Waals surface area contributed by atoms with Crippen molar-refractivity contribution >= 4 is 28.4 Å². The number of aryl methyl sites for hydroxylation is 2. The Labute approximate surface area is 277 Å². The number of nitrogens with one attached hydrogen (secondary N) is 2. The number of rotatable bonds is 14. The normalized spacial score (nSPS) is 10.8. The lowest BCUT2D eigenvalue weighted by atomic mass is 10.1. The number of anilines is 1. The number of hydrogen-bond donors (Lipinski definition) is 3. The minimum Gasteiger partial charge on any atom is -0.493 e. The lowest BCUT2D eigenvalue weighted by Crippen LogP contribution is -2.27. The highest BCUT2D eigenvalue weighted by Crippen LogP contribution is 2.37. The van der Waals surface area contributed by atoms with Crippen LogP contribution in [0, 0.1) is 13.8 Å². The van der Waals surface area contributed by atoms with E-state index in [9.17, 15) is 14.4 Å². The molecule has 0 saturated carbocycles. The quantitative estimate of drug-likeness (QED) is 0.0715. The van der Waals surface area contributed by atoms with Crippen molar-refractivity contribution in [2.45, 2.75) is 46.0 Å². The van der Waals surface area contributed by atoms with Crippen LogP contribution in [0.2, 0.25) is 0 Å². The summed E-state index contributed by atoms with van der Waals surface area (Å²) in [5, 5.41) is 16.4. The molecule has 0 radical (unpaired) electrons. The van der Waals surface area contributed by atoms with Crippen molar-refractivity contribution in [1.29, 1.82) is 0 Å². The first-order valence-corrected chi connectivity index (χ1v) is 15.5. The number of carbonyl (C=O) groups is 2. The molecule has 12 nitrogen and oxygen atoms in total. The second-order valence-electron chi connectivity index (χ2n) is 11.2. The number of hydrogen-bond acceptors (Lipinski definition) is 9. The molecule has 48 heavy (non-hydrogen) atoms. The number of fused-ring (bicyclic) bond motifs is 1. The number of unbranched alkanes of at least 4 members (excludes halogenated alkanes) is 3. The number of nitrogens with zero attached hydrogens (tertiary/aromatic N) is 3. The Kier molecular flexibility index (Phi) is 11.0. The monoisotopic (exact) mass is 651 g/mol. The van der Waals surface area contributed by atoms with Crippen LogP contribution in [-0.4, -0.2) is 45.5 Å². The summed E-state index contributed by atoms with van der Waals surface area (Å²) in [7, 11) is 1.56. The van der Waals surface area contributed by atoms with E-state index < -0.39 is 11.3 Å². The fourth-order valence-electron chi connectivity index (χ4n) is 5.05. The molecular formula is C36H37N5O7. The van der Waals surface area contributed by atoms with Crippen LogP contribution in [0.4, 0.5) is 5.69 Å². The molecule has 2 amide bonds. The molecular weight excluding hydrogens is 614 g/mol. The van der Waals surface area contributed by atoms with Crippen molar-refractivity contribution in [2.75, 3.05) is 19.0 Å². The number of amides is 2. The maximum atomic E-state index is 13.1. The van der Waals surface area contributed by atoms with Gasteiger partial charge in [-0.25, -0.2) is 10.2 Å². The summed E-state index contributed by atoms with van der Waals surface area (Å²) in [5.74, 6) is 1.16. The van der Waals surface area contributed by atoms with Gasteiger partial charge in [0.05, 0.1) is 24.9 Å². The molecule has 0 saturated heterocycles. The summed E-state index contributed by atoms with van der Waals surface area (Å²) >= 11 is 0. The highest BCUT2D eigenvalue weighted by Gasteiger charge is 2.17. The lowest BCUT2D eigenvalue weighted by Gasteiger charge is -2.14. The van der Waals surface area contributed by atoms with Crippen LogP contribution in [0.1, 0.15) is 53.7 Å². The highest BCUT2D eigenvalue weighted by molar-refractivity contribution is 6.02. The van der Waals surface area contributed by atoms with Gasteiger partial charge < -0.3 is 19.5 Å². The van der Waals surface area contributed by atoms with Crippen LogP contribution < -0.4 is 30.4 Å². The molecule has 3 aromatic carbocycles. The smallest absolute Gasteiger partial charge is 0.280 e. The van der Waals surface area contributed by atoms with Gasteiger partial charge in [0.2, 0.25) is 11.3 Å². The van der Waals surface area contributed by atoms with Crippen molar-refractivity contribution in [2.24, 2.45) is 0 Å². The summed E-state index contributed by atoms with van der Waals surface area (Å²) in [5.41, 5.74) is 4.29. The van der Waals surface area contributed by atoms with E-state index in [1.807, 2.05) is 37.3 Å². The van der Waals surface area contributed by atoms with Crippen molar-refractivity contribution in [3.63, 3.8) is 0 Å². The minimum absolute atomic E-state index is 0.206. The van der Waals surface area contributed by atoms with Crippen molar-refractivity contribution in [1.82, 2.24) is 20.2 Å². The van der Waals surface area contributed by atoms with E-state index >= 15 is 0 Å². The van der Waals surface area contributed by atoms with Gasteiger partial charge in [0.15, 0.2) is 17.2 Å². The van der Waals surface area contributed by atoms with Gasteiger partial charge in [0, 0.05) is 41.5 Å². The molecule has 248 valence electrons. The van der Waals surface area contributed by atoms with Crippen LogP contribution in [-0.2, 0) is 4.79 Å². The summed E-state index contributed by atoms with van der Waals surface area (Å²) in [6, 6.07) is 19.8. The molecule has 0 aliphatic heterocycles. The Morgan fingerprint density at radius 3 is 2.46 bits per heavy atom. The van der Waals surface area contributed by atoms with Gasteiger partial charge in [0.1, 0.15) is 11.5 Å². The highest BCUT2D eigenvalue weighted by atomic mass is 16.5. The number of benzene rings is 3. The van der Waals surface area contributed by atoms with Crippen molar-refractivity contribution < 1.29 is 29.0 Å². The fraction of sp³-hybridized carbons (Fsp3) is 0.250. The molecule has 0 aliphatic carbocycles. The zero-order valence-electron chi connectivity index (χ0n) is 27.0. The third-order valence-corrected chi connectivity index (χ3v) is 7.59. The third-order valence-electron chi connectivity index (χ3n) is 7.59. The summed E-state index contributed by atoms with van der Waals surface area (Å²) in [4.78, 5) is 41.5. The molecule has 5 aromatic rings. The van der Waals surface area contributed by atoms with Crippen LogP contribution in [0.5, 0.6) is 23.0 Å². The Morgan fingerprint density at radius 1 is 0.917 bits per heavy atom.